The number of ether oxygens (including phenoxy) is 1. The fourth-order valence-electron chi connectivity index (χ4n) is 1.64. The smallest absolute Gasteiger partial charge is 0.142 e. The maximum atomic E-state index is 5.32. The Morgan fingerprint density at radius 1 is 0.941 bits per heavy atom. The summed E-state index contributed by atoms with van der Waals surface area (Å²) in [5.74, 6) is 0.850. The highest BCUT2D eigenvalue weighted by atomic mass is 32.2. The van der Waals surface area contributed by atoms with Crippen molar-refractivity contribution in [1.82, 2.24) is 0 Å². The Hall–Kier alpha value is -1.61. The average molecular weight is 245 g/mol. The van der Waals surface area contributed by atoms with E-state index < -0.39 is 0 Å². The molecule has 3 heteroatoms. The number of para-hydroxylation sites is 3. The minimum absolute atomic E-state index is 0.850. The Morgan fingerprint density at radius 3 is 2.29 bits per heavy atom. The second kappa shape index (κ2) is 5.64. The lowest BCUT2D eigenvalue weighted by molar-refractivity contribution is 0.417. The van der Waals surface area contributed by atoms with Gasteiger partial charge in [-0.2, -0.15) is 0 Å². The van der Waals surface area contributed by atoms with Gasteiger partial charge in [0, 0.05) is 4.90 Å². The van der Waals surface area contributed by atoms with Gasteiger partial charge in [0.1, 0.15) is 5.75 Å². The first kappa shape index (κ1) is 11.9. The Balaban J connectivity index is 2.31. The van der Waals surface area contributed by atoms with Gasteiger partial charge in [0.25, 0.3) is 0 Å². The summed E-state index contributed by atoms with van der Waals surface area (Å²) in [5, 5.41) is 3.40. The molecule has 2 rings (SSSR count). The SMILES string of the molecule is COc1ccccc1Nc1ccccc1SC. The molecule has 2 aromatic rings. The zero-order valence-electron chi connectivity index (χ0n) is 9.94. The second-order valence-electron chi connectivity index (χ2n) is 3.53. The lowest BCUT2D eigenvalue weighted by Gasteiger charge is -2.13. The van der Waals surface area contributed by atoms with E-state index in [1.54, 1.807) is 18.9 Å². The van der Waals surface area contributed by atoms with Gasteiger partial charge in [-0.3, -0.25) is 0 Å². The summed E-state index contributed by atoms with van der Waals surface area (Å²) in [6, 6.07) is 16.1. The van der Waals surface area contributed by atoms with Crippen molar-refractivity contribution in [3.8, 4) is 5.75 Å². The maximum Gasteiger partial charge on any atom is 0.142 e. The maximum absolute atomic E-state index is 5.32. The summed E-state index contributed by atoms with van der Waals surface area (Å²) in [7, 11) is 1.68. The summed E-state index contributed by atoms with van der Waals surface area (Å²) < 4.78 is 5.32. The molecule has 0 unspecified atom stereocenters. The van der Waals surface area contributed by atoms with E-state index in [0.29, 0.717) is 0 Å². The van der Waals surface area contributed by atoms with Gasteiger partial charge in [-0.25, -0.2) is 0 Å². The third kappa shape index (κ3) is 2.74. The number of rotatable bonds is 4. The molecule has 0 heterocycles. The van der Waals surface area contributed by atoms with Gasteiger partial charge in [0.15, 0.2) is 0 Å². The molecule has 2 aromatic carbocycles. The van der Waals surface area contributed by atoms with Gasteiger partial charge in [-0.05, 0) is 30.5 Å². The molecular weight excluding hydrogens is 230 g/mol. The van der Waals surface area contributed by atoms with Crippen molar-refractivity contribution in [3.63, 3.8) is 0 Å². The van der Waals surface area contributed by atoms with Crippen molar-refractivity contribution in [2.45, 2.75) is 4.90 Å². The van der Waals surface area contributed by atoms with Crippen LogP contribution in [0.5, 0.6) is 5.75 Å². The fraction of sp³-hybridized carbons (Fsp3) is 0.143. The zero-order valence-corrected chi connectivity index (χ0v) is 10.8. The van der Waals surface area contributed by atoms with E-state index in [1.165, 1.54) is 4.90 Å². The van der Waals surface area contributed by atoms with Crippen LogP contribution in [-0.4, -0.2) is 13.4 Å². The molecular formula is C14H15NOS. The lowest BCUT2D eigenvalue weighted by Crippen LogP contribution is -1.95. The molecule has 0 radical (unpaired) electrons. The van der Waals surface area contributed by atoms with Gasteiger partial charge in [-0.15, -0.1) is 11.8 Å². The van der Waals surface area contributed by atoms with Crippen LogP contribution in [0.25, 0.3) is 0 Å². The van der Waals surface area contributed by atoms with Crippen LogP contribution in [0.15, 0.2) is 53.4 Å². The molecule has 0 aliphatic rings. The molecule has 2 nitrogen and oxygen atoms in total. The largest absolute Gasteiger partial charge is 0.495 e. The molecule has 0 saturated heterocycles. The quantitative estimate of drug-likeness (QED) is 0.817. The van der Waals surface area contributed by atoms with Gasteiger partial charge >= 0.3 is 0 Å². The standard InChI is InChI=1S/C14H15NOS/c1-16-13-9-5-3-7-11(13)15-12-8-4-6-10-14(12)17-2/h3-10,15H,1-2H3. The third-order valence-corrected chi connectivity index (χ3v) is 3.28. The third-order valence-electron chi connectivity index (χ3n) is 2.48. The van der Waals surface area contributed by atoms with Crippen molar-refractivity contribution >= 4 is 23.1 Å². The normalized spacial score (nSPS) is 10.0. The van der Waals surface area contributed by atoms with Crippen LogP contribution in [0.1, 0.15) is 0 Å². The lowest BCUT2D eigenvalue weighted by atomic mass is 10.2. The average Bonchev–Trinajstić information content (AvgIpc) is 2.40. The van der Waals surface area contributed by atoms with Crippen molar-refractivity contribution in [2.75, 3.05) is 18.7 Å². The highest BCUT2D eigenvalue weighted by Crippen LogP contribution is 2.31. The summed E-state index contributed by atoms with van der Waals surface area (Å²) in [6.07, 6.45) is 2.07. The number of methoxy groups -OCH3 is 1. The highest BCUT2D eigenvalue weighted by Gasteiger charge is 2.04. The first-order valence-corrected chi connectivity index (χ1v) is 6.60. The van der Waals surface area contributed by atoms with E-state index in [1.807, 2.05) is 36.4 Å². The Morgan fingerprint density at radius 2 is 1.59 bits per heavy atom. The van der Waals surface area contributed by atoms with E-state index in [0.717, 1.165) is 17.1 Å². The predicted octanol–water partition coefficient (Wildman–Crippen LogP) is 4.16. The molecule has 1 N–H and O–H groups in total. The molecule has 0 aromatic heterocycles. The first-order valence-electron chi connectivity index (χ1n) is 5.38. The summed E-state index contributed by atoms with van der Waals surface area (Å²) in [4.78, 5) is 1.22. The Labute approximate surface area is 106 Å². The van der Waals surface area contributed by atoms with Crippen LogP contribution in [0.2, 0.25) is 0 Å². The molecule has 17 heavy (non-hydrogen) atoms. The van der Waals surface area contributed by atoms with Crippen molar-refractivity contribution in [3.05, 3.63) is 48.5 Å². The minimum Gasteiger partial charge on any atom is -0.495 e. The summed E-state index contributed by atoms with van der Waals surface area (Å²) in [5.41, 5.74) is 2.08. The van der Waals surface area contributed by atoms with Crippen LogP contribution in [-0.2, 0) is 0 Å². The molecule has 0 saturated carbocycles. The number of benzene rings is 2. The molecule has 88 valence electrons. The van der Waals surface area contributed by atoms with E-state index in [-0.39, 0.29) is 0 Å². The molecule has 0 spiro atoms. The number of hydrogen-bond acceptors (Lipinski definition) is 3. The van der Waals surface area contributed by atoms with Gasteiger partial charge < -0.3 is 10.1 Å². The second-order valence-corrected chi connectivity index (χ2v) is 4.37. The fourth-order valence-corrected chi connectivity index (χ4v) is 2.19. The number of nitrogens with one attached hydrogen (secondary N) is 1. The van der Waals surface area contributed by atoms with E-state index in [9.17, 15) is 0 Å². The predicted molar refractivity (Wildman–Crippen MR) is 74.5 cm³/mol. The number of anilines is 2. The minimum atomic E-state index is 0.850. The molecule has 0 aliphatic heterocycles. The number of thioether (sulfide) groups is 1. The summed E-state index contributed by atoms with van der Waals surface area (Å²) in [6.45, 7) is 0. The zero-order chi connectivity index (χ0) is 12.1. The van der Waals surface area contributed by atoms with E-state index >= 15 is 0 Å². The van der Waals surface area contributed by atoms with Crippen molar-refractivity contribution in [1.29, 1.82) is 0 Å². The molecule has 0 fully saturated rings. The summed E-state index contributed by atoms with van der Waals surface area (Å²) >= 11 is 1.72. The van der Waals surface area contributed by atoms with Crippen LogP contribution in [0.4, 0.5) is 11.4 Å². The van der Waals surface area contributed by atoms with Gasteiger partial charge in [0.05, 0.1) is 18.5 Å². The molecule has 0 bridgehead atoms. The van der Waals surface area contributed by atoms with Crippen LogP contribution >= 0.6 is 11.8 Å². The van der Waals surface area contributed by atoms with Crippen LogP contribution in [0.3, 0.4) is 0 Å². The number of hydrogen-bond donors (Lipinski definition) is 1. The van der Waals surface area contributed by atoms with Crippen LogP contribution in [0, 0.1) is 0 Å². The molecule has 0 amide bonds. The Kier molecular flexibility index (Phi) is 3.94. The monoisotopic (exact) mass is 245 g/mol. The van der Waals surface area contributed by atoms with E-state index in [2.05, 4.69) is 23.7 Å². The van der Waals surface area contributed by atoms with Crippen molar-refractivity contribution in [2.24, 2.45) is 0 Å². The van der Waals surface area contributed by atoms with Gasteiger partial charge in [0.2, 0.25) is 0 Å². The highest BCUT2D eigenvalue weighted by molar-refractivity contribution is 7.98. The first-order chi connectivity index (χ1) is 8.35. The van der Waals surface area contributed by atoms with Crippen LogP contribution < -0.4 is 10.1 Å². The molecule has 0 aliphatic carbocycles. The molecule has 0 atom stereocenters. The van der Waals surface area contributed by atoms with Gasteiger partial charge in [-0.1, -0.05) is 24.3 Å². The Bertz CT molecular complexity index is 454. The topological polar surface area (TPSA) is 21.3 Å². The van der Waals surface area contributed by atoms with E-state index in [4.69, 9.17) is 4.74 Å². The van der Waals surface area contributed by atoms with Crippen molar-refractivity contribution < 1.29 is 4.74 Å².